The first-order valence-corrected chi connectivity index (χ1v) is 11.8. The van der Waals surface area contributed by atoms with Crippen LogP contribution in [0.2, 0.25) is 0 Å². The summed E-state index contributed by atoms with van der Waals surface area (Å²) in [4.78, 5) is 32.6. The predicted octanol–water partition coefficient (Wildman–Crippen LogP) is 6.85. The second-order valence-electron chi connectivity index (χ2n) is 8.96. The molecule has 0 saturated carbocycles. The van der Waals surface area contributed by atoms with Gasteiger partial charge in [0.25, 0.3) is 11.8 Å². The van der Waals surface area contributed by atoms with Crippen LogP contribution in [-0.4, -0.2) is 28.2 Å². The van der Waals surface area contributed by atoms with Crippen LogP contribution in [0.25, 0.3) is 32.7 Å². The number of amides is 2. The molecule has 0 atom stereocenters. The molecule has 2 amide bonds. The van der Waals surface area contributed by atoms with Crippen LogP contribution < -0.4 is 0 Å². The summed E-state index contributed by atoms with van der Waals surface area (Å²) in [6.45, 7) is 6.76. The van der Waals surface area contributed by atoms with Crippen molar-refractivity contribution in [2.24, 2.45) is 0 Å². The Bertz CT molecular complexity index is 1390. The van der Waals surface area contributed by atoms with Crippen LogP contribution in [-0.2, 0) is 0 Å². The number of unbranched alkanes of at least 4 members (excludes halogenated alkanes) is 3. The summed E-state index contributed by atoms with van der Waals surface area (Å²) in [5, 5.41) is 4.00. The van der Waals surface area contributed by atoms with Gasteiger partial charge in [-0.15, -0.1) is 0 Å². The molecular formula is C29H28N2O2. The van der Waals surface area contributed by atoms with Crippen molar-refractivity contribution in [2.75, 3.05) is 6.54 Å². The molecule has 0 saturated heterocycles. The van der Waals surface area contributed by atoms with E-state index >= 15 is 0 Å². The van der Waals surface area contributed by atoms with Crippen molar-refractivity contribution in [3.05, 3.63) is 77.1 Å². The van der Waals surface area contributed by atoms with Gasteiger partial charge in [0.15, 0.2) is 0 Å². The van der Waals surface area contributed by atoms with Crippen molar-refractivity contribution in [3.8, 4) is 11.1 Å². The summed E-state index contributed by atoms with van der Waals surface area (Å²) in [6.07, 6.45) is 5.95. The largest absolute Gasteiger partial charge is 0.274 e. The summed E-state index contributed by atoms with van der Waals surface area (Å²) in [5.41, 5.74) is 5.54. The van der Waals surface area contributed by atoms with Crippen LogP contribution in [0.1, 0.15) is 64.6 Å². The highest BCUT2D eigenvalue weighted by atomic mass is 16.2. The molecular weight excluding hydrogens is 408 g/mol. The summed E-state index contributed by atoms with van der Waals surface area (Å²) >= 11 is 0. The zero-order valence-corrected chi connectivity index (χ0v) is 19.4. The van der Waals surface area contributed by atoms with Crippen LogP contribution >= 0.6 is 0 Å². The third-order valence-electron chi connectivity index (χ3n) is 6.84. The topological polar surface area (TPSA) is 50.3 Å². The number of imide groups is 1. The van der Waals surface area contributed by atoms with E-state index in [1.54, 1.807) is 0 Å². The molecule has 0 fully saturated rings. The first-order valence-electron chi connectivity index (χ1n) is 11.8. The molecule has 4 aromatic rings. The Balaban J connectivity index is 1.67. The summed E-state index contributed by atoms with van der Waals surface area (Å²) in [5.74, 6) is -0.360. The Labute approximate surface area is 194 Å². The van der Waals surface area contributed by atoms with Crippen molar-refractivity contribution in [2.45, 2.75) is 46.5 Å². The third-order valence-corrected chi connectivity index (χ3v) is 6.84. The van der Waals surface area contributed by atoms with E-state index in [2.05, 4.69) is 37.0 Å². The number of pyridine rings is 1. The molecule has 4 nitrogen and oxygen atoms in total. The number of aromatic nitrogens is 1. The van der Waals surface area contributed by atoms with Gasteiger partial charge in [-0.25, -0.2) is 0 Å². The van der Waals surface area contributed by atoms with Gasteiger partial charge in [0.1, 0.15) is 0 Å². The van der Waals surface area contributed by atoms with Crippen molar-refractivity contribution in [1.29, 1.82) is 0 Å². The van der Waals surface area contributed by atoms with Crippen molar-refractivity contribution < 1.29 is 9.59 Å². The number of carbonyl (C=O) groups is 2. The Hall–Kier alpha value is -3.53. The lowest BCUT2D eigenvalue weighted by molar-refractivity contribution is 0.0608. The molecule has 0 bridgehead atoms. The van der Waals surface area contributed by atoms with Gasteiger partial charge in [0.2, 0.25) is 0 Å². The van der Waals surface area contributed by atoms with Gasteiger partial charge >= 0.3 is 0 Å². The standard InChI is InChI=1S/C29H28N2O2/c1-4-5-6-7-17-31-28(32)24-10-8-9-22-21(13-14-25(27(22)24)29(31)33)20-12-11-18(2)26-19(3)30-16-15-23(20)26/h8-16H,4-7,17H2,1-3H3. The van der Waals surface area contributed by atoms with E-state index in [1.165, 1.54) is 10.5 Å². The van der Waals surface area contributed by atoms with E-state index in [9.17, 15) is 9.59 Å². The van der Waals surface area contributed by atoms with E-state index in [0.717, 1.165) is 64.0 Å². The maximum atomic E-state index is 13.3. The summed E-state index contributed by atoms with van der Waals surface area (Å²) in [6, 6.07) is 16.0. The molecule has 1 aliphatic heterocycles. The molecule has 0 radical (unpaired) electrons. The number of nitrogens with zero attached hydrogens (tertiary/aromatic N) is 2. The molecule has 0 spiro atoms. The van der Waals surface area contributed by atoms with Crippen LogP contribution in [0.3, 0.4) is 0 Å². The Morgan fingerprint density at radius 1 is 0.727 bits per heavy atom. The van der Waals surface area contributed by atoms with Gasteiger partial charge in [-0.1, -0.05) is 56.5 Å². The number of aryl methyl sites for hydroxylation is 2. The lowest BCUT2D eigenvalue weighted by Crippen LogP contribution is -2.40. The van der Waals surface area contributed by atoms with E-state index in [0.29, 0.717) is 17.7 Å². The molecule has 4 heteroatoms. The lowest BCUT2D eigenvalue weighted by atomic mass is 9.87. The second-order valence-corrected chi connectivity index (χ2v) is 8.96. The number of rotatable bonds is 6. The Morgan fingerprint density at radius 2 is 1.39 bits per heavy atom. The average molecular weight is 437 g/mol. The van der Waals surface area contributed by atoms with Gasteiger partial charge in [0, 0.05) is 40.3 Å². The minimum absolute atomic E-state index is 0.180. The molecule has 0 N–H and O–H groups in total. The highest BCUT2D eigenvalue weighted by Gasteiger charge is 2.33. The Morgan fingerprint density at radius 3 is 2.15 bits per heavy atom. The molecule has 3 aromatic carbocycles. The number of benzene rings is 3. The maximum Gasteiger partial charge on any atom is 0.261 e. The quantitative estimate of drug-likeness (QED) is 0.245. The van der Waals surface area contributed by atoms with E-state index in [4.69, 9.17) is 0 Å². The number of hydrogen-bond acceptors (Lipinski definition) is 3. The zero-order chi connectivity index (χ0) is 23.1. The fraction of sp³-hybridized carbons (Fsp3) is 0.276. The fourth-order valence-electron chi connectivity index (χ4n) is 5.19. The zero-order valence-electron chi connectivity index (χ0n) is 19.4. The predicted molar refractivity (Wildman–Crippen MR) is 134 cm³/mol. The normalized spacial score (nSPS) is 13.4. The first kappa shape index (κ1) is 21.3. The highest BCUT2D eigenvalue weighted by molar-refractivity contribution is 6.27. The van der Waals surface area contributed by atoms with E-state index in [-0.39, 0.29) is 11.8 Å². The summed E-state index contributed by atoms with van der Waals surface area (Å²) in [7, 11) is 0. The van der Waals surface area contributed by atoms with Crippen LogP contribution in [0.5, 0.6) is 0 Å². The number of fused-ring (bicyclic) bond motifs is 1. The van der Waals surface area contributed by atoms with Crippen molar-refractivity contribution in [3.63, 3.8) is 0 Å². The smallest absolute Gasteiger partial charge is 0.261 e. The van der Waals surface area contributed by atoms with Crippen LogP contribution in [0.15, 0.2) is 54.7 Å². The molecule has 5 rings (SSSR count). The minimum atomic E-state index is -0.180. The Kier molecular flexibility index (Phi) is 5.45. The summed E-state index contributed by atoms with van der Waals surface area (Å²) < 4.78 is 0. The third kappa shape index (κ3) is 3.41. The van der Waals surface area contributed by atoms with Crippen molar-refractivity contribution >= 4 is 33.4 Å². The molecule has 33 heavy (non-hydrogen) atoms. The second kappa shape index (κ2) is 8.43. The van der Waals surface area contributed by atoms with Gasteiger partial charge in [-0.2, -0.15) is 0 Å². The lowest BCUT2D eigenvalue weighted by Gasteiger charge is -2.28. The van der Waals surface area contributed by atoms with Crippen molar-refractivity contribution in [1.82, 2.24) is 9.88 Å². The van der Waals surface area contributed by atoms with Gasteiger partial charge in [0.05, 0.1) is 0 Å². The molecule has 1 aromatic heterocycles. The highest BCUT2D eigenvalue weighted by Crippen LogP contribution is 2.39. The molecule has 1 aliphatic rings. The monoisotopic (exact) mass is 436 g/mol. The SMILES string of the molecule is CCCCCCN1C(=O)c2cccc3c(-c4ccc(C)c5c(C)nccc45)ccc(c23)C1=O. The van der Waals surface area contributed by atoms with Gasteiger partial charge < -0.3 is 0 Å². The van der Waals surface area contributed by atoms with E-state index < -0.39 is 0 Å². The molecule has 2 heterocycles. The van der Waals surface area contributed by atoms with Gasteiger partial charge in [-0.05, 0) is 65.9 Å². The average Bonchev–Trinajstić information content (AvgIpc) is 2.82. The van der Waals surface area contributed by atoms with Gasteiger partial charge in [-0.3, -0.25) is 19.5 Å². The van der Waals surface area contributed by atoms with E-state index in [1.807, 2.05) is 43.5 Å². The number of hydrogen-bond donors (Lipinski definition) is 0. The molecule has 0 unspecified atom stereocenters. The van der Waals surface area contributed by atoms with Crippen LogP contribution in [0.4, 0.5) is 0 Å². The molecule has 166 valence electrons. The first-order chi connectivity index (χ1) is 16.0. The fourth-order valence-corrected chi connectivity index (χ4v) is 5.19. The number of carbonyl (C=O) groups excluding carboxylic acids is 2. The minimum Gasteiger partial charge on any atom is -0.274 e. The van der Waals surface area contributed by atoms with Crippen LogP contribution in [0, 0.1) is 13.8 Å². The molecule has 0 aliphatic carbocycles. The maximum absolute atomic E-state index is 13.3.